The van der Waals surface area contributed by atoms with Crippen LogP contribution in [0.1, 0.15) is 20.8 Å². The summed E-state index contributed by atoms with van der Waals surface area (Å²) in [5.41, 5.74) is 5.55. The lowest BCUT2D eigenvalue weighted by Gasteiger charge is -2.09. The maximum Gasteiger partial charge on any atom is 0.416 e. The number of thiazole rings is 1. The number of carbonyl (C=O) groups excluding carboxylic acids is 1. The van der Waals surface area contributed by atoms with E-state index in [9.17, 15) is 18.0 Å². The van der Waals surface area contributed by atoms with Gasteiger partial charge in [0.1, 0.15) is 10.7 Å². The summed E-state index contributed by atoms with van der Waals surface area (Å²) in [5.74, 6) is 0.430. The molecule has 3 rings (SSSR count). The minimum atomic E-state index is -4.46. The first-order valence-corrected chi connectivity index (χ1v) is 9.02. The maximum atomic E-state index is 12.9. The summed E-state index contributed by atoms with van der Waals surface area (Å²) < 4.78 is 48.9. The van der Waals surface area contributed by atoms with Gasteiger partial charge in [-0.3, -0.25) is 4.79 Å². The Hall–Kier alpha value is -3.27. The third-order valence-corrected chi connectivity index (χ3v) is 4.93. The second-order valence-electron chi connectivity index (χ2n) is 5.84. The first-order valence-electron chi connectivity index (χ1n) is 8.20. The van der Waals surface area contributed by atoms with Gasteiger partial charge in [0.25, 0.3) is 0 Å². The first-order chi connectivity index (χ1) is 13.7. The van der Waals surface area contributed by atoms with Crippen LogP contribution in [0.4, 0.5) is 29.8 Å². The van der Waals surface area contributed by atoms with E-state index in [-0.39, 0.29) is 21.5 Å². The quantitative estimate of drug-likeness (QED) is 0.557. The highest BCUT2D eigenvalue weighted by Crippen LogP contribution is 2.34. The van der Waals surface area contributed by atoms with Gasteiger partial charge < -0.3 is 20.5 Å². The van der Waals surface area contributed by atoms with Gasteiger partial charge in [-0.15, -0.1) is 0 Å². The molecule has 0 aliphatic carbocycles. The molecule has 0 fully saturated rings. The molecule has 0 saturated carbocycles. The molecule has 0 aliphatic heterocycles. The van der Waals surface area contributed by atoms with E-state index in [0.29, 0.717) is 17.1 Å². The van der Waals surface area contributed by atoms with E-state index in [1.807, 2.05) is 0 Å². The van der Waals surface area contributed by atoms with Gasteiger partial charge in [0.2, 0.25) is 5.78 Å². The van der Waals surface area contributed by atoms with Gasteiger partial charge in [-0.05, 0) is 36.4 Å². The fraction of sp³-hybridized carbons (Fsp3) is 0.158. The molecule has 152 valence electrons. The molecule has 3 aromatic rings. The number of halogens is 3. The number of ether oxygens (including phenoxy) is 2. The second-order valence-corrected chi connectivity index (χ2v) is 6.83. The van der Waals surface area contributed by atoms with Crippen LogP contribution in [0.3, 0.4) is 0 Å². The van der Waals surface area contributed by atoms with Crippen molar-refractivity contribution in [2.45, 2.75) is 6.18 Å². The number of alkyl halides is 3. The number of hydrogen-bond acceptors (Lipinski definition) is 7. The highest BCUT2D eigenvalue weighted by molar-refractivity contribution is 7.18. The number of carbonyl (C=O) groups is 1. The van der Waals surface area contributed by atoms with Gasteiger partial charge in [-0.25, -0.2) is 4.98 Å². The molecule has 10 heteroatoms. The van der Waals surface area contributed by atoms with Crippen molar-refractivity contribution in [1.82, 2.24) is 4.98 Å². The second kappa shape index (κ2) is 8.00. The molecule has 0 atom stereocenters. The zero-order valence-electron chi connectivity index (χ0n) is 15.3. The molecule has 6 nitrogen and oxygen atoms in total. The van der Waals surface area contributed by atoms with Crippen molar-refractivity contribution in [2.75, 3.05) is 25.3 Å². The van der Waals surface area contributed by atoms with Crippen molar-refractivity contribution < 1.29 is 27.4 Å². The van der Waals surface area contributed by atoms with Gasteiger partial charge in [0.15, 0.2) is 16.6 Å². The van der Waals surface area contributed by atoms with Gasteiger partial charge in [-0.1, -0.05) is 17.4 Å². The largest absolute Gasteiger partial charge is 0.493 e. The number of benzene rings is 2. The fourth-order valence-corrected chi connectivity index (χ4v) is 3.42. The Morgan fingerprint density at radius 2 is 1.83 bits per heavy atom. The maximum absolute atomic E-state index is 12.9. The SMILES string of the molecule is COc1ccc(C(=O)c2sc(Nc3cccc(C(F)(F)F)c3)nc2N)cc1OC. The molecule has 0 amide bonds. The Balaban J connectivity index is 1.86. The highest BCUT2D eigenvalue weighted by atomic mass is 32.1. The molecule has 1 heterocycles. The van der Waals surface area contributed by atoms with Crippen LogP contribution in [-0.2, 0) is 6.18 Å². The predicted octanol–water partition coefficient (Wildman–Crippen LogP) is 4.74. The van der Waals surface area contributed by atoms with Gasteiger partial charge in [0.05, 0.1) is 19.8 Å². The van der Waals surface area contributed by atoms with Gasteiger partial charge in [-0.2, -0.15) is 13.2 Å². The molecule has 0 aliphatic rings. The van der Waals surface area contributed by atoms with E-state index in [4.69, 9.17) is 15.2 Å². The van der Waals surface area contributed by atoms with Crippen molar-refractivity contribution in [3.05, 3.63) is 58.5 Å². The summed E-state index contributed by atoms with van der Waals surface area (Å²) in [4.78, 5) is 17.0. The van der Waals surface area contributed by atoms with Crippen LogP contribution in [0.5, 0.6) is 11.5 Å². The Morgan fingerprint density at radius 3 is 2.48 bits per heavy atom. The van der Waals surface area contributed by atoms with E-state index >= 15 is 0 Å². The number of nitrogens with two attached hydrogens (primary N) is 1. The minimum absolute atomic E-state index is 0.0238. The van der Waals surface area contributed by atoms with Crippen LogP contribution < -0.4 is 20.5 Å². The van der Waals surface area contributed by atoms with Gasteiger partial charge >= 0.3 is 6.18 Å². The number of nitrogens with zero attached hydrogens (tertiary/aromatic N) is 1. The third kappa shape index (κ3) is 4.43. The van der Waals surface area contributed by atoms with Crippen LogP contribution in [-0.4, -0.2) is 25.0 Å². The van der Waals surface area contributed by atoms with E-state index in [1.165, 1.54) is 32.4 Å². The van der Waals surface area contributed by atoms with Crippen LogP contribution in [0, 0.1) is 0 Å². The number of hydrogen-bond donors (Lipinski definition) is 2. The number of aromatic nitrogens is 1. The Bertz CT molecular complexity index is 1050. The summed E-state index contributed by atoms with van der Waals surface area (Å²) in [6.07, 6.45) is -4.46. The number of ketones is 1. The Morgan fingerprint density at radius 1 is 1.10 bits per heavy atom. The molecule has 3 N–H and O–H groups in total. The van der Waals surface area contributed by atoms with Crippen LogP contribution in [0.25, 0.3) is 0 Å². The zero-order valence-corrected chi connectivity index (χ0v) is 16.1. The molecule has 0 bridgehead atoms. The smallest absolute Gasteiger partial charge is 0.416 e. The Kier molecular flexibility index (Phi) is 5.64. The monoisotopic (exact) mass is 423 g/mol. The average Bonchev–Trinajstić information content (AvgIpc) is 3.06. The highest BCUT2D eigenvalue weighted by Gasteiger charge is 2.30. The number of rotatable bonds is 6. The zero-order chi connectivity index (χ0) is 21.2. The lowest BCUT2D eigenvalue weighted by Crippen LogP contribution is -2.05. The summed E-state index contributed by atoms with van der Waals surface area (Å²) in [5, 5.41) is 2.95. The summed E-state index contributed by atoms with van der Waals surface area (Å²) in [7, 11) is 2.93. The average molecular weight is 423 g/mol. The van der Waals surface area contributed by atoms with Crippen LogP contribution in [0.15, 0.2) is 42.5 Å². The number of methoxy groups -OCH3 is 2. The van der Waals surface area contributed by atoms with E-state index in [1.54, 1.807) is 12.1 Å². The lowest BCUT2D eigenvalue weighted by atomic mass is 10.1. The summed E-state index contributed by atoms with van der Waals surface area (Å²) in [6.45, 7) is 0. The number of nitrogens with one attached hydrogen (secondary N) is 1. The topological polar surface area (TPSA) is 86.5 Å². The molecule has 29 heavy (non-hydrogen) atoms. The molecule has 0 radical (unpaired) electrons. The Labute approximate surface area is 168 Å². The first kappa shape index (κ1) is 20.5. The molecule has 0 unspecified atom stereocenters. The summed E-state index contributed by atoms with van der Waals surface area (Å²) in [6, 6.07) is 9.31. The van der Waals surface area contributed by atoms with E-state index in [2.05, 4.69) is 10.3 Å². The lowest BCUT2D eigenvalue weighted by molar-refractivity contribution is -0.137. The van der Waals surface area contributed by atoms with E-state index in [0.717, 1.165) is 23.5 Å². The number of nitrogen functional groups attached to an aromatic ring is 1. The molecule has 0 saturated heterocycles. The molecule has 0 spiro atoms. The fourth-order valence-electron chi connectivity index (χ4n) is 2.55. The standard InChI is InChI=1S/C19H16F3N3O3S/c1-27-13-7-6-10(8-14(13)28-2)15(26)16-17(23)25-18(29-16)24-12-5-3-4-11(9-12)19(20,21)22/h3-9H,23H2,1-2H3,(H,24,25). The van der Waals surface area contributed by atoms with Crippen molar-refractivity contribution in [3.63, 3.8) is 0 Å². The van der Waals surface area contributed by atoms with Crippen LogP contribution in [0.2, 0.25) is 0 Å². The molecule has 2 aromatic carbocycles. The van der Waals surface area contributed by atoms with Crippen molar-refractivity contribution in [3.8, 4) is 11.5 Å². The molecular formula is C19H16F3N3O3S. The summed E-state index contributed by atoms with van der Waals surface area (Å²) >= 11 is 0.944. The normalized spacial score (nSPS) is 11.2. The molecular weight excluding hydrogens is 407 g/mol. The van der Waals surface area contributed by atoms with Crippen molar-refractivity contribution >= 4 is 33.8 Å². The predicted molar refractivity (Wildman–Crippen MR) is 104 cm³/mol. The van der Waals surface area contributed by atoms with Gasteiger partial charge in [0, 0.05) is 11.3 Å². The molecule has 1 aromatic heterocycles. The van der Waals surface area contributed by atoms with Crippen molar-refractivity contribution in [2.24, 2.45) is 0 Å². The minimum Gasteiger partial charge on any atom is -0.493 e. The third-order valence-electron chi connectivity index (χ3n) is 3.95. The van der Waals surface area contributed by atoms with E-state index < -0.39 is 17.5 Å². The number of anilines is 3. The van der Waals surface area contributed by atoms with Crippen LogP contribution >= 0.6 is 11.3 Å². The van der Waals surface area contributed by atoms with Crippen molar-refractivity contribution in [1.29, 1.82) is 0 Å².